The van der Waals surface area contributed by atoms with Gasteiger partial charge in [0.15, 0.2) is 4.88 Å². The third-order valence-electron chi connectivity index (χ3n) is 3.00. The Bertz CT molecular complexity index is 448. The van der Waals surface area contributed by atoms with E-state index < -0.39 is 5.97 Å². The summed E-state index contributed by atoms with van der Waals surface area (Å²) in [7, 11) is 0. The Kier molecular flexibility index (Phi) is 4.42. The Morgan fingerprint density at radius 1 is 1.44 bits per heavy atom. The van der Waals surface area contributed by atoms with E-state index in [1.807, 2.05) is 13.0 Å². The molecule has 0 radical (unpaired) electrons. The summed E-state index contributed by atoms with van der Waals surface area (Å²) in [6.07, 6.45) is 9.87. The summed E-state index contributed by atoms with van der Waals surface area (Å²) in [5.74, 6) is -0.391. The van der Waals surface area contributed by atoms with Gasteiger partial charge in [-0.05, 0) is 44.7 Å². The molecule has 1 heterocycles. The maximum absolute atomic E-state index is 11.1. The van der Waals surface area contributed by atoms with Gasteiger partial charge >= 0.3 is 5.97 Å². The van der Waals surface area contributed by atoms with Crippen molar-refractivity contribution in [3.05, 3.63) is 28.0 Å². The number of aryl methyl sites for hydroxylation is 1. The molecular weight excluding hydrogens is 248 g/mol. The molecule has 0 fully saturated rings. The van der Waals surface area contributed by atoms with Crippen LogP contribution in [0.4, 0.5) is 0 Å². The van der Waals surface area contributed by atoms with Gasteiger partial charge < -0.3 is 9.84 Å². The summed E-state index contributed by atoms with van der Waals surface area (Å²) in [5, 5.41) is 9.12. The molecule has 18 heavy (non-hydrogen) atoms. The molecule has 1 unspecified atom stereocenters. The van der Waals surface area contributed by atoms with Gasteiger partial charge in [0.2, 0.25) is 0 Å². The van der Waals surface area contributed by atoms with E-state index in [2.05, 4.69) is 12.2 Å². The molecule has 0 spiro atoms. The van der Waals surface area contributed by atoms with E-state index in [1.165, 1.54) is 24.2 Å². The number of thiophene rings is 1. The summed E-state index contributed by atoms with van der Waals surface area (Å²) < 4.78 is 5.85. The van der Waals surface area contributed by atoms with Gasteiger partial charge in [0.25, 0.3) is 0 Å². The molecule has 1 N–H and O–H groups in total. The average Bonchev–Trinajstić information content (AvgIpc) is 2.63. The van der Waals surface area contributed by atoms with Gasteiger partial charge in [0.1, 0.15) is 11.9 Å². The molecule has 1 aliphatic rings. The monoisotopic (exact) mass is 266 g/mol. The van der Waals surface area contributed by atoms with E-state index in [1.54, 1.807) is 0 Å². The highest BCUT2D eigenvalue weighted by Gasteiger charge is 2.18. The smallest absolute Gasteiger partial charge is 0.349 e. The number of allylic oxidation sites excluding steroid dienone is 1. The summed E-state index contributed by atoms with van der Waals surface area (Å²) in [6.45, 7) is 1.90. The first-order valence-corrected chi connectivity index (χ1v) is 7.15. The van der Waals surface area contributed by atoms with Gasteiger partial charge in [-0.25, -0.2) is 4.79 Å². The van der Waals surface area contributed by atoms with Crippen molar-refractivity contribution in [3.63, 3.8) is 0 Å². The van der Waals surface area contributed by atoms with Gasteiger partial charge in [-0.1, -0.05) is 12.5 Å². The molecule has 0 bridgehead atoms. The number of hydrogen-bond donors (Lipinski definition) is 1. The van der Waals surface area contributed by atoms with Crippen LogP contribution in [0.3, 0.4) is 0 Å². The van der Waals surface area contributed by atoms with Crippen molar-refractivity contribution in [3.8, 4) is 5.75 Å². The molecule has 1 atom stereocenters. The molecule has 4 heteroatoms. The van der Waals surface area contributed by atoms with E-state index in [-0.39, 0.29) is 6.10 Å². The van der Waals surface area contributed by atoms with Crippen LogP contribution in [0.5, 0.6) is 5.75 Å². The molecule has 0 amide bonds. The number of hydrogen-bond acceptors (Lipinski definition) is 3. The molecule has 1 aromatic rings. The Hall–Kier alpha value is -1.29. The van der Waals surface area contributed by atoms with Gasteiger partial charge in [-0.3, -0.25) is 0 Å². The molecule has 0 saturated heterocycles. The zero-order chi connectivity index (χ0) is 13.0. The molecule has 0 saturated carbocycles. The van der Waals surface area contributed by atoms with Gasteiger partial charge in [-0.2, -0.15) is 0 Å². The molecule has 1 aliphatic carbocycles. The zero-order valence-corrected chi connectivity index (χ0v) is 11.3. The van der Waals surface area contributed by atoms with Crippen molar-refractivity contribution in [1.82, 2.24) is 0 Å². The van der Waals surface area contributed by atoms with Crippen molar-refractivity contribution in [1.29, 1.82) is 0 Å². The van der Waals surface area contributed by atoms with E-state index in [4.69, 9.17) is 9.84 Å². The predicted molar refractivity (Wildman–Crippen MR) is 72.7 cm³/mol. The third kappa shape index (κ3) is 3.35. The lowest BCUT2D eigenvalue weighted by Crippen LogP contribution is -2.15. The minimum Gasteiger partial charge on any atom is -0.485 e. The van der Waals surface area contributed by atoms with Crippen LogP contribution in [-0.4, -0.2) is 17.2 Å². The Morgan fingerprint density at radius 2 is 2.28 bits per heavy atom. The van der Waals surface area contributed by atoms with Crippen LogP contribution in [0.15, 0.2) is 18.2 Å². The quantitative estimate of drug-likeness (QED) is 0.840. The first kappa shape index (κ1) is 13.1. The number of carboxylic acids is 1. The second-order valence-electron chi connectivity index (χ2n) is 4.58. The van der Waals surface area contributed by atoms with Crippen molar-refractivity contribution >= 4 is 17.3 Å². The number of ether oxygens (including phenoxy) is 1. The van der Waals surface area contributed by atoms with Crippen LogP contribution < -0.4 is 4.74 Å². The Balaban J connectivity index is 2.12. The Morgan fingerprint density at radius 3 is 3.06 bits per heavy atom. The standard InChI is InChI=1S/C14H18O3S/c1-10-9-12(13(18-10)14(15)16)17-11-7-5-3-2-4-6-8-11/h5,7,9,11H,2-4,6,8H2,1H3,(H,15,16)/b7-5+. The minimum absolute atomic E-state index is 0.0115. The van der Waals surface area contributed by atoms with Crippen LogP contribution in [0.25, 0.3) is 0 Å². The fourth-order valence-electron chi connectivity index (χ4n) is 2.12. The highest BCUT2D eigenvalue weighted by atomic mass is 32.1. The number of rotatable bonds is 3. The van der Waals surface area contributed by atoms with Gasteiger partial charge in [-0.15, -0.1) is 11.3 Å². The molecule has 0 aliphatic heterocycles. The predicted octanol–water partition coefficient (Wildman–Crippen LogP) is 4.02. The van der Waals surface area contributed by atoms with E-state index in [0.717, 1.165) is 24.1 Å². The highest BCUT2D eigenvalue weighted by Crippen LogP contribution is 2.30. The number of carboxylic acid groups (broad SMARTS) is 1. The van der Waals surface area contributed by atoms with Crippen LogP contribution in [0, 0.1) is 6.92 Å². The number of aromatic carboxylic acids is 1. The van der Waals surface area contributed by atoms with Crippen molar-refractivity contribution < 1.29 is 14.6 Å². The topological polar surface area (TPSA) is 46.5 Å². The van der Waals surface area contributed by atoms with E-state index in [9.17, 15) is 4.79 Å². The maximum atomic E-state index is 11.1. The fourth-order valence-corrected chi connectivity index (χ4v) is 2.90. The van der Waals surface area contributed by atoms with E-state index in [0.29, 0.717) is 10.6 Å². The van der Waals surface area contributed by atoms with Gasteiger partial charge in [0.05, 0.1) is 0 Å². The fraction of sp³-hybridized carbons (Fsp3) is 0.500. The number of carbonyl (C=O) groups is 1. The highest BCUT2D eigenvalue weighted by molar-refractivity contribution is 7.14. The summed E-state index contributed by atoms with van der Waals surface area (Å²) in [4.78, 5) is 12.4. The van der Waals surface area contributed by atoms with Crippen molar-refractivity contribution in [2.45, 2.75) is 45.1 Å². The molecule has 98 valence electrons. The molecule has 3 nitrogen and oxygen atoms in total. The lowest BCUT2D eigenvalue weighted by Gasteiger charge is -2.17. The Labute approximate surface area is 111 Å². The van der Waals surface area contributed by atoms with Gasteiger partial charge in [0, 0.05) is 4.88 Å². The largest absolute Gasteiger partial charge is 0.485 e. The normalized spacial score (nSPS) is 21.9. The average molecular weight is 266 g/mol. The van der Waals surface area contributed by atoms with Crippen LogP contribution in [0.1, 0.15) is 46.7 Å². The molecule has 2 rings (SSSR count). The van der Waals surface area contributed by atoms with Crippen LogP contribution in [-0.2, 0) is 0 Å². The zero-order valence-electron chi connectivity index (χ0n) is 10.5. The summed E-state index contributed by atoms with van der Waals surface area (Å²) in [5.41, 5.74) is 0. The van der Waals surface area contributed by atoms with Crippen LogP contribution in [0.2, 0.25) is 0 Å². The minimum atomic E-state index is -0.905. The molecule has 1 aromatic heterocycles. The van der Waals surface area contributed by atoms with Crippen molar-refractivity contribution in [2.24, 2.45) is 0 Å². The maximum Gasteiger partial charge on any atom is 0.349 e. The first-order valence-electron chi connectivity index (χ1n) is 6.34. The van der Waals surface area contributed by atoms with Crippen molar-refractivity contribution in [2.75, 3.05) is 0 Å². The SMILES string of the molecule is Cc1cc(OC2/C=C/CCCCC2)c(C(=O)O)s1. The second-order valence-corrected chi connectivity index (χ2v) is 5.83. The van der Waals surface area contributed by atoms with E-state index >= 15 is 0 Å². The molecular formula is C14H18O3S. The lowest BCUT2D eigenvalue weighted by atomic mass is 10.0. The first-order chi connectivity index (χ1) is 8.66. The summed E-state index contributed by atoms with van der Waals surface area (Å²) >= 11 is 1.27. The summed E-state index contributed by atoms with van der Waals surface area (Å²) in [6, 6.07) is 1.82. The third-order valence-corrected chi connectivity index (χ3v) is 4.02. The second kappa shape index (κ2) is 6.05. The van der Waals surface area contributed by atoms with Crippen LogP contribution >= 0.6 is 11.3 Å². The lowest BCUT2D eigenvalue weighted by molar-refractivity contribution is 0.0696. The molecule has 0 aromatic carbocycles.